The van der Waals surface area contributed by atoms with Gasteiger partial charge in [0.25, 0.3) is 0 Å². The van der Waals surface area contributed by atoms with Crippen molar-refractivity contribution in [3.8, 4) is 11.5 Å². The minimum absolute atomic E-state index is 0.164. The zero-order valence-corrected chi connectivity index (χ0v) is 11.8. The van der Waals surface area contributed by atoms with Crippen LogP contribution in [0.2, 0.25) is 5.02 Å². The molecule has 104 valence electrons. The van der Waals surface area contributed by atoms with Crippen LogP contribution in [-0.4, -0.2) is 12.2 Å². The van der Waals surface area contributed by atoms with Crippen molar-refractivity contribution in [2.45, 2.75) is 18.6 Å². The third kappa shape index (κ3) is 2.47. The van der Waals surface area contributed by atoms with Gasteiger partial charge in [-0.2, -0.15) is 0 Å². The second-order valence-corrected chi connectivity index (χ2v) is 5.25. The summed E-state index contributed by atoms with van der Waals surface area (Å²) in [7, 11) is 1.61. The Hall–Kier alpha value is -1.71. The summed E-state index contributed by atoms with van der Waals surface area (Å²) >= 11 is 5.89. The van der Waals surface area contributed by atoms with Crippen LogP contribution in [-0.2, 0) is 0 Å². The molecule has 0 saturated heterocycles. The summed E-state index contributed by atoms with van der Waals surface area (Å²) in [6.45, 7) is 0. The predicted molar refractivity (Wildman–Crippen MR) is 77.4 cm³/mol. The fourth-order valence-corrected chi connectivity index (χ4v) is 2.56. The van der Waals surface area contributed by atoms with Crippen molar-refractivity contribution < 1.29 is 14.6 Å². The van der Waals surface area contributed by atoms with Gasteiger partial charge in [0.1, 0.15) is 17.6 Å². The van der Waals surface area contributed by atoms with Crippen molar-refractivity contribution in [2.75, 3.05) is 7.11 Å². The predicted octanol–water partition coefficient (Wildman–Crippen LogP) is 3.91. The van der Waals surface area contributed by atoms with E-state index < -0.39 is 6.10 Å². The molecular formula is C16H15ClO3. The van der Waals surface area contributed by atoms with Gasteiger partial charge in [-0.1, -0.05) is 23.7 Å². The number of benzene rings is 2. The maximum Gasteiger partial charge on any atom is 0.127 e. The zero-order valence-electron chi connectivity index (χ0n) is 11.0. The summed E-state index contributed by atoms with van der Waals surface area (Å²) in [5, 5.41) is 11.0. The van der Waals surface area contributed by atoms with Crippen LogP contribution in [0.3, 0.4) is 0 Å². The first-order valence-electron chi connectivity index (χ1n) is 6.45. The minimum Gasteiger partial charge on any atom is -0.497 e. The van der Waals surface area contributed by atoms with Crippen LogP contribution < -0.4 is 9.47 Å². The Labute approximate surface area is 122 Å². The number of aliphatic hydroxyl groups is 1. The third-order valence-corrected chi connectivity index (χ3v) is 3.78. The molecule has 1 unspecified atom stereocenters. The number of fused-ring (bicyclic) bond motifs is 1. The van der Waals surface area contributed by atoms with Crippen LogP contribution in [0.25, 0.3) is 0 Å². The minimum atomic E-state index is -0.561. The highest BCUT2D eigenvalue weighted by atomic mass is 35.5. The molecule has 1 aliphatic heterocycles. The number of halogens is 1. The molecule has 1 heterocycles. The quantitative estimate of drug-likeness (QED) is 0.911. The normalized spacial score (nSPS) is 20.9. The largest absolute Gasteiger partial charge is 0.497 e. The summed E-state index contributed by atoms with van der Waals surface area (Å²) in [6.07, 6.45) is -0.209. The molecule has 0 aliphatic carbocycles. The Morgan fingerprint density at radius 1 is 1.20 bits per heavy atom. The molecule has 2 aromatic carbocycles. The number of rotatable bonds is 2. The Morgan fingerprint density at radius 3 is 2.65 bits per heavy atom. The van der Waals surface area contributed by atoms with E-state index in [4.69, 9.17) is 21.1 Å². The van der Waals surface area contributed by atoms with Gasteiger partial charge in [0.05, 0.1) is 13.2 Å². The molecule has 0 fully saturated rings. The highest BCUT2D eigenvalue weighted by Gasteiger charge is 2.28. The van der Waals surface area contributed by atoms with Gasteiger partial charge in [-0.15, -0.1) is 0 Å². The summed E-state index contributed by atoms with van der Waals surface area (Å²) in [5.74, 6) is 1.42. The number of hydrogen-bond donors (Lipinski definition) is 1. The third-order valence-electron chi connectivity index (χ3n) is 3.52. The van der Waals surface area contributed by atoms with Crippen molar-refractivity contribution in [2.24, 2.45) is 0 Å². The van der Waals surface area contributed by atoms with Gasteiger partial charge in [-0.3, -0.25) is 0 Å². The van der Waals surface area contributed by atoms with Crippen molar-refractivity contribution in [3.63, 3.8) is 0 Å². The molecule has 0 spiro atoms. The van der Waals surface area contributed by atoms with E-state index in [2.05, 4.69) is 0 Å². The van der Waals surface area contributed by atoms with E-state index in [1.54, 1.807) is 7.11 Å². The second-order valence-electron chi connectivity index (χ2n) is 4.81. The van der Waals surface area contributed by atoms with Crippen LogP contribution in [0.1, 0.15) is 29.8 Å². The summed E-state index contributed by atoms with van der Waals surface area (Å²) in [5.41, 5.74) is 1.78. The average molecular weight is 291 g/mol. The molecule has 1 aliphatic rings. The molecule has 3 rings (SSSR count). The molecule has 2 atom stereocenters. The molecule has 0 saturated carbocycles. The molecule has 0 amide bonds. The Balaban J connectivity index is 1.90. The summed E-state index contributed by atoms with van der Waals surface area (Å²) < 4.78 is 11.1. The average Bonchev–Trinajstić information content (AvgIpc) is 2.47. The maximum absolute atomic E-state index is 10.3. The lowest BCUT2D eigenvalue weighted by Crippen LogP contribution is -2.19. The highest BCUT2D eigenvalue weighted by molar-refractivity contribution is 6.30. The van der Waals surface area contributed by atoms with Crippen LogP contribution in [0.15, 0.2) is 42.5 Å². The molecule has 2 aromatic rings. The smallest absolute Gasteiger partial charge is 0.127 e. The number of methoxy groups -OCH3 is 1. The van der Waals surface area contributed by atoms with Gasteiger partial charge in [-0.05, 0) is 35.9 Å². The Kier molecular flexibility index (Phi) is 3.55. The molecule has 0 radical (unpaired) electrons. The molecule has 3 nitrogen and oxygen atoms in total. The Bertz CT molecular complexity index is 610. The van der Waals surface area contributed by atoms with Crippen molar-refractivity contribution in [3.05, 3.63) is 58.6 Å². The molecular weight excluding hydrogens is 276 g/mol. The van der Waals surface area contributed by atoms with Crippen LogP contribution in [0.4, 0.5) is 0 Å². The highest BCUT2D eigenvalue weighted by Crippen LogP contribution is 2.42. The van der Waals surface area contributed by atoms with Gasteiger partial charge in [0.15, 0.2) is 0 Å². The Morgan fingerprint density at radius 2 is 1.95 bits per heavy atom. The van der Waals surface area contributed by atoms with Crippen molar-refractivity contribution in [1.29, 1.82) is 0 Å². The van der Waals surface area contributed by atoms with E-state index in [1.165, 1.54) is 0 Å². The number of aliphatic hydroxyl groups excluding tert-OH is 1. The van der Waals surface area contributed by atoms with E-state index in [9.17, 15) is 5.11 Å². The van der Waals surface area contributed by atoms with E-state index in [1.807, 2.05) is 42.5 Å². The standard InChI is InChI=1S/C16H15ClO3/c1-19-12-6-7-15-13(8-12)14(18)9-16(20-15)10-2-4-11(17)5-3-10/h2-8,14,16,18H,9H2,1H3/t14-,16?/m1/s1. The van der Waals surface area contributed by atoms with E-state index in [0.29, 0.717) is 17.2 Å². The summed E-state index contributed by atoms with van der Waals surface area (Å²) in [4.78, 5) is 0. The first-order chi connectivity index (χ1) is 9.67. The molecule has 20 heavy (non-hydrogen) atoms. The topological polar surface area (TPSA) is 38.7 Å². The first-order valence-corrected chi connectivity index (χ1v) is 6.83. The van der Waals surface area contributed by atoms with Gasteiger partial charge in [-0.25, -0.2) is 0 Å². The lowest BCUT2D eigenvalue weighted by atomic mass is 9.95. The van der Waals surface area contributed by atoms with Gasteiger partial charge < -0.3 is 14.6 Å². The zero-order chi connectivity index (χ0) is 14.1. The number of hydrogen-bond acceptors (Lipinski definition) is 3. The molecule has 0 bridgehead atoms. The fourth-order valence-electron chi connectivity index (χ4n) is 2.43. The lowest BCUT2D eigenvalue weighted by molar-refractivity contribution is 0.0654. The monoisotopic (exact) mass is 290 g/mol. The van der Waals surface area contributed by atoms with Crippen LogP contribution >= 0.6 is 11.6 Å². The van der Waals surface area contributed by atoms with Gasteiger partial charge >= 0.3 is 0 Å². The van der Waals surface area contributed by atoms with Crippen molar-refractivity contribution >= 4 is 11.6 Å². The van der Waals surface area contributed by atoms with Crippen LogP contribution in [0, 0.1) is 0 Å². The van der Waals surface area contributed by atoms with Crippen LogP contribution in [0.5, 0.6) is 11.5 Å². The van der Waals surface area contributed by atoms with Gasteiger partial charge in [0.2, 0.25) is 0 Å². The second kappa shape index (κ2) is 5.35. The lowest BCUT2D eigenvalue weighted by Gasteiger charge is -2.30. The van der Waals surface area contributed by atoms with Gasteiger partial charge in [0, 0.05) is 17.0 Å². The maximum atomic E-state index is 10.3. The van der Waals surface area contributed by atoms with E-state index in [0.717, 1.165) is 16.9 Å². The molecule has 0 aromatic heterocycles. The number of ether oxygens (including phenoxy) is 2. The molecule has 4 heteroatoms. The SMILES string of the molecule is COc1ccc2c(c1)[C@H](O)CC(c1ccc(Cl)cc1)O2. The first kappa shape index (κ1) is 13.3. The van der Waals surface area contributed by atoms with Crippen molar-refractivity contribution in [1.82, 2.24) is 0 Å². The van der Waals surface area contributed by atoms with E-state index in [-0.39, 0.29) is 6.10 Å². The summed E-state index contributed by atoms with van der Waals surface area (Å²) in [6, 6.07) is 13.0. The van der Waals surface area contributed by atoms with E-state index >= 15 is 0 Å². The molecule has 1 N–H and O–H groups in total. The fraction of sp³-hybridized carbons (Fsp3) is 0.250.